The predicted molar refractivity (Wildman–Crippen MR) is 67.5 cm³/mol. The fourth-order valence-corrected chi connectivity index (χ4v) is 2.50. The van der Waals surface area contributed by atoms with Gasteiger partial charge in [-0.3, -0.25) is 4.79 Å². The molecule has 1 fully saturated rings. The molecule has 0 aliphatic heterocycles. The zero-order valence-corrected chi connectivity index (χ0v) is 10.1. The van der Waals surface area contributed by atoms with Crippen LogP contribution >= 0.6 is 0 Å². The van der Waals surface area contributed by atoms with Crippen molar-refractivity contribution in [2.75, 3.05) is 11.9 Å². The summed E-state index contributed by atoms with van der Waals surface area (Å²) in [4.78, 5) is 16.4. The van der Waals surface area contributed by atoms with Gasteiger partial charge >= 0.3 is 0 Å². The first kappa shape index (κ1) is 12.0. The molecule has 1 amide bonds. The van der Waals surface area contributed by atoms with E-state index < -0.39 is 0 Å². The van der Waals surface area contributed by atoms with Gasteiger partial charge in [-0.2, -0.15) is 0 Å². The smallest absolute Gasteiger partial charge is 0.228 e. The number of nitrogens with zero attached hydrogens (tertiary/aromatic N) is 1. The summed E-state index contributed by atoms with van der Waals surface area (Å²) in [6.07, 6.45) is 3.11. The maximum absolute atomic E-state index is 12.1. The van der Waals surface area contributed by atoms with E-state index in [0.29, 0.717) is 18.3 Å². The molecule has 3 N–H and O–H groups in total. The predicted octanol–water partition coefficient (Wildman–Crippen LogP) is 1.70. The number of carbonyl (C=O) groups excluding carboxylic acids is 1. The lowest BCUT2D eigenvalue weighted by atomic mass is 9.95. The number of amides is 1. The Morgan fingerprint density at radius 3 is 3.06 bits per heavy atom. The van der Waals surface area contributed by atoms with Crippen LogP contribution in [-0.2, 0) is 4.79 Å². The molecule has 4 heteroatoms. The van der Waals surface area contributed by atoms with Crippen molar-refractivity contribution in [3.63, 3.8) is 0 Å². The van der Waals surface area contributed by atoms with Crippen LogP contribution in [0, 0.1) is 18.8 Å². The molecule has 2 rings (SSSR count). The van der Waals surface area contributed by atoms with E-state index in [2.05, 4.69) is 10.3 Å². The van der Waals surface area contributed by atoms with E-state index >= 15 is 0 Å². The van der Waals surface area contributed by atoms with Crippen molar-refractivity contribution in [3.8, 4) is 0 Å². The molecule has 0 spiro atoms. The summed E-state index contributed by atoms with van der Waals surface area (Å²) in [5.41, 5.74) is 6.59. The molecule has 0 saturated heterocycles. The van der Waals surface area contributed by atoms with Crippen LogP contribution in [0.1, 0.15) is 25.0 Å². The highest BCUT2D eigenvalue weighted by atomic mass is 16.2. The van der Waals surface area contributed by atoms with E-state index in [1.807, 2.05) is 25.1 Å². The summed E-state index contributed by atoms with van der Waals surface area (Å²) < 4.78 is 0. The van der Waals surface area contributed by atoms with Gasteiger partial charge < -0.3 is 11.1 Å². The van der Waals surface area contributed by atoms with Gasteiger partial charge in [-0.25, -0.2) is 4.98 Å². The topological polar surface area (TPSA) is 68.0 Å². The minimum atomic E-state index is 0.0577. The number of nitrogens with two attached hydrogens (primary N) is 1. The molecule has 92 valence electrons. The van der Waals surface area contributed by atoms with Gasteiger partial charge in [0.15, 0.2) is 0 Å². The van der Waals surface area contributed by atoms with Crippen molar-refractivity contribution < 1.29 is 4.79 Å². The summed E-state index contributed by atoms with van der Waals surface area (Å²) in [6.45, 7) is 2.51. The Kier molecular flexibility index (Phi) is 3.74. The summed E-state index contributed by atoms with van der Waals surface area (Å²) in [5, 5.41) is 2.88. The van der Waals surface area contributed by atoms with Crippen molar-refractivity contribution in [2.45, 2.75) is 26.2 Å². The lowest BCUT2D eigenvalue weighted by Crippen LogP contribution is -2.30. The lowest BCUT2D eigenvalue weighted by molar-refractivity contribution is -0.120. The van der Waals surface area contributed by atoms with E-state index in [-0.39, 0.29) is 11.8 Å². The van der Waals surface area contributed by atoms with Gasteiger partial charge in [0.1, 0.15) is 5.82 Å². The molecule has 1 aromatic heterocycles. The number of hydrogen-bond acceptors (Lipinski definition) is 3. The van der Waals surface area contributed by atoms with Crippen LogP contribution in [0.25, 0.3) is 0 Å². The summed E-state index contributed by atoms with van der Waals surface area (Å²) in [7, 11) is 0. The SMILES string of the molecule is Cc1cccc(NC(=O)C2CCCC2CN)n1. The van der Waals surface area contributed by atoms with Crippen molar-refractivity contribution in [1.29, 1.82) is 0 Å². The van der Waals surface area contributed by atoms with Gasteiger partial charge in [-0.1, -0.05) is 12.5 Å². The van der Waals surface area contributed by atoms with Crippen LogP contribution in [-0.4, -0.2) is 17.4 Å². The Morgan fingerprint density at radius 2 is 2.35 bits per heavy atom. The minimum absolute atomic E-state index is 0.0577. The van der Waals surface area contributed by atoms with E-state index in [4.69, 9.17) is 5.73 Å². The molecule has 0 bridgehead atoms. The third-order valence-electron chi connectivity index (χ3n) is 3.44. The third kappa shape index (κ3) is 2.82. The quantitative estimate of drug-likeness (QED) is 0.835. The zero-order valence-electron chi connectivity index (χ0n) is 10.1. The van der Waals surface area contributed by atoms with Gasteiger partial charge in [-0.15, -0.1) is 0 Å². The van der Waals surface area contributed by atoms with Gasteiger partial charge in [0, 0.05) is 11.6 Å². The summed E-state index contributed by atoms with van der Waals surface area (Å²) in [5.74, 6) is 1.09. The molecule has 2 unspecified atom stereocenters. The molecule has 1 aromatic rings. The highest BCUT2D eigenvalue weighted by molar-refractivity contribution is 5.92. The Bertz CT molecular complexity index is 405. The molecular weight excluding hydrogens is 214 g/mol. The number of anilines is 1. The number of nitrogens with one attached hydrogen (secondary N) is 1. The number of aromatic nitrogens is 1. The van der Waals surface area contributed by atoms with Crippen molar-refractivity contribution in [3.05, 3.63) is 23.9 Å². The van der Waals surface area contributed by atoms with Crippen molar-refractivity contribution in [1.82, 2.24) is 4.98 Å². The average Bonchev–Trinajstić information content (AvgIpc) is 2.77. The van der Waals surface area contributed by atoms with Crippen LogP contribution in [0.15, 0.2) is 18.2 Å². The second kappa shape index (κ2) is 5.27. The fraction of sp³-hybridized carbons (Fsp3) is 0.538. The average molecular weight is 233 g/mol. The molecule has 2 atom stereocenters. The van der Waals surface area contributed by atoms with Crippen LogP contribution < -0.4 is 11.1 Å². The van der Waals surface area contributed by atoms with Gasteiger partial charge in [0.2, 0.25) is 5.91 Å². The molecule has 0 aromatic carbocycles. The van der Waals surface area contributed by atoms with Gasteiger partial charge in [0.05, 0.1) is 0 Å². The van der Waals surface area contributed by atoms with Crippen molar-refractivity contribution >= 4 is 11.7 Å². The normalized spacial score (nSPS) is 23.6. The van der Waals surface area contributed by atoms with E-state index in [0.717, 1.165) is 25.0 Å². The number of hydrogen-bond donors (Lipinski definition) is 2. The fourth-order valence-electron chi connectivity index (χ4n) is 2.50. The highest BCUT2D eigenvalue weighted by Crippen LogP contribution is 2.31. The van der Waals surface area contributed by atoms with Crippen molar-refractivity contribution in [2.24, 2.45) is 17.6 Å². The molecule has 4 nitrogen and oxygen atoms in total. The molecule has 1 aliphatic rings. The standard InChI is InChI=1S/C13H19N3O/c1-9-4-2-7-12(15-9)16-13(17)11-6-3-5-10(11)8-14/h2,4,7,10-11H,3,5-6,8,14H2,1H3,(H,15,16,17). The van der Waals surface area contributed by atoms with Gasteiger partial charge in [0.25, 0.3) is 0 Å². The highest BCUT2D eigenvalue weighted by Gasteiger charge is 2.31. The summed E-state index contributed by atoms with van der Waals surface area (Å²) >= 11 is 0. The summed E-state index contributed by atoms with van der Waals surface area (Å²) in [6, 6.07) is 5.62. The maximum Gasteiger partial charge on any atom is 0.228 e. The van der Waals surface area contributed by atoms with E-state index in [9.17, 15) is 4.79 Å². The number of aryl methyl sites for hydroxylation is 1. The molecular formula is C13H19N3O. The first-order valence-electron chi connectivity index (χ1n) is 6.15. The second-order valence-corrected chi connectivity index (χ2v) is 4.69. The monoisotopic (exact) mass is 233 g/mol. The zero-order chi connectivity index (χ0) is 12.3. The second-order valence-electron chi connectivity index (χ2n) is 4.69. The Morgan fingerprint density at radius 1 is 1.53 bits per heavy atom. The number of rotatable bonds is 3. The first-order chi connectivity index (χ1) is 8.20. The molecule has 1 heterocycles. The first-order valence-corrected chi connectivity index (χ1v) is 6.15. The van der Waals surface area contributed by atoms with Crippen LogP contribution in [0.5, 0.6) is 0 Å². The number of carbonyl (C=O) groups is 1. The van der Waals surface area contributed by atoms with Crippen LogP contribution in [0.4, 0.5) is 5.82 Å². The Labute approximate surface area is 102 Å². The lowest BCUT2D eigenvalue weighted by Gasteiger charge is -2.17. The molecule has 1 saturated carbocycles. The van der Waals surface area contributed by atoms with Crippen LogP contribution in [0.2, 0.25) is 0 Å². The Hall–Kier alpha value is -1.42. The number of pyridine rings is 1. The van der Waals surface area contributed by atoms with Crippen LogP contribution in [0.3, 0.4) is 0 Å². The minimum Gasteiger partial charge on any atom is -0.330 e. The maximum atomic E-state index is 12.1. The van der Waals surface area contributed by atoms with E-state index in [1.54, 1.807) is 0 Å². The Balaban J connectivity index is 2.01. The van der Waals surface area contributed by atoms with Gasteiger partial charge in [-0.05, 0) is 44.4 Å². The van der Waals surface area contributed by atoms with E-state index in [1.165, 1.54) is 0 Å². The molecule has 1 aliphatic carbocycles. The molecule has 17 heavy (non-hydrogen) atoms. The third-order valence-corrected chi connectivity index (χ3v) is 3.44. The molecule has 0 radical (unpaired) electrons. The largest absolute Gasteiger partial charge is 0.330 e.